The summed E-state index contributed by atoms with van der Waals surface area (Å²) in [5, 5.41) is 31.3. The average Bonchev–Trinajstić information content (AvgIpc) is 3.77. The molecule has 16 heteroatoms. The van der Waals surface area contributed by atoms with Crippen LogP contribution >= 0.6 is 0 Å². The molecule has 52 heavy (non-hydrogen) atoms. The van der Waals surface area contributed by atoms with E-state index in [-0.39, 0.29) is 37.0 Å². The van der Waals surface area contributed by atoms with Crippen LogP contribution in [0, 0.1) is 5.92 Å². The Labute approximate surface area is 302 Å². The van der Waals surface area contributed by atoms with Gasteiger partial charge in [0.15, 0.2) is 17.2 Å². The summed E-state index contributed by atoms with van der Waals surface area (Å²) in [5.41, 5.74) is 2.03. The molecular weight excluding hydrogens is 672 g/mol. The van der Waals surface area contributed by atoms with Gasteiger partial charge in [-0.3, -0.25) is 23.9 Å². The number of aromatic nitrogens is 4. The number of aryl methyl sites for hydroxylation is 2. The number of nitrogens with one attached hydrogen (secondary N) is 3. The number of carbonyl (C=O) groups excluding carboxylic acids is 4. The summed E-state index contributed by atoms with van der Waals surface area (Å²) in [5.74, 6) is -0.393. The van der Waals surface area contributed by atoms with Crippen LogP contribution in [0.4, 0.5) is 0 Å². The predicted molar refractivity (Wildman–Crippen MR) is 188 cm³/mol. The zero-order valence-corrected chi connectivity index (χ0v) is 30.4. The number of fused-ring (bicyclic) bond motifs is 5. The quantitative estimate of drug-likeness (QED) is 0.301. The first-order valence-corrected chi connectivity index (χ1v) is 18.1. The molecule has 2 aliphatic rings. The van der Waals surface area contributed by atoms with Crippen molar-refractivity contribution in [3.05, 3.63) is 52.7 Å². The molecule has 3 atom stereocenters. The van der Waals surface area contributed by atoms with Gasteiger partial charge in [0, 0.05) is 43.7 Å². The second-order valence-electron chi connectivity index (χ2n) is 13.8. The zero-order valence-electron chi connectivity index (χ0n) is 30.4. The van der Waals surface area contributed by atoms with E-state index in [9.17, 15) is 24.3 Å². The first-order chi connectivity index (χ1) is 25.0. The second-order valence-corrected chi connectivity index (χ2v) is 13.8. The van der Waals surface area contributed by atoms with Crippen molar-refractivity contribution in [3.63, 3.8) is 0 Å². The summed E-state index contributed by atoms with van der Waals surface area (Å²) >= 11 is 0. The smallest absolute Gasteiger partial charge is 0.276 e. The molecule has 4 amide bonds. The Morgan fingerprint density at radius 3 is 2.58 bits per heavy atom. The average molecular weight is 723 g/mol. The second kappa shape index (κ2) is 18.0. The highest BCUT2D eigenvalue weighted by atomic mass is 16.5. The van der Waals surface area contributed by atoms with Crippen molar-refractivity contribution in [2.24, 2.45) is 5.92 Å². The topological polar surface area (TPSA) is 203 Å². The third kappa shape index (κ3) is 9.86. The molecule has 4 bridgehead atoms. The highest BCUT2D eigenvalue weighted by Gasteiger charge is 2.31. The Hall–Kier alpha value is -4.99. The molecule has 16 nitrogen and oxygen atoms in total. The number of aliphatic hydroxyl groups is 1. The van der Waals surface area contributed by atoms with Gasteiger partial charge < -0.3 is 40.0 Å². The van der Waals surface area contributed by atoms with E-state index < -0.39 is 35.9 Å². The van der Waals surface area contributed by atoms with Gasteiger partial charge in [0.2, 0.25) is 11.8 Å². The third-order valence-electron chi connectivity index (χ3n) is 9.19. The number of aliphatic hydroxyl groups excluding tert-OH is 1. The van der Waals surface area contributed by atoms with Crippen molar-refractivity contribution in [3.8, 4) is 11.5 Å². The Morgan fingerprint density at radius 2 is 1.81 bits per heavy atom. The highest BCUT2D eigenvalue weighted by Crippen LogP contribution is 2.29. The summed E-state index contributed by atoms with van der Waals surface area (Å²) in [6, 6.07) is 2.43. The van der Waals surface area contributed by atoms with E-state index in [2.05, 4.69) is 31.4 Å². The lowest BCUT2D eigenvalue weighted by atomic mass is 9.96. The lowest BCUT2D eigenvalue weighted by Crippen LogP contribution is -2.57. The molecule has 0 unspecified atom stereocenters. The summed E-state index contributed by atoms with van der Waals surface area (Å²) in [4.78, 5) is 55.7. The van der Waals surface area contributed by atoms with E-state index in [1.165, 1.54) is 20.1 Å². The Balaban J connectivity index is 1.37. The van der Waals surface area contributed by atoms with Crippen molar-refractivity contribution in [2.45, 2.75) is 103 Å². The number of benzene rings is 1. The minimum atomic E-state index is -1.25. The minimum absolute atomic E-state index is 0.0195. The number of ether oxygens (including phenoxy) is 2. The Morgan fingerprint density at radius 1 is 1.02 bits per heavy atom. The van der Waals surface area contributed by atoms with Gasteiger partial charge in [-0.1, -0.05) is 24.2 Å². The van der Waals surface area contributed by atoms with Crippen LogP contribution in [0.1, 0.15) is 97.2 Å². The molecule has 1 aromatic carbocycles. The number of rotatable bonds is 5. The van der Waals surface area contributed by atoms with Gasteiger partial charge in [0.1, 0.15) is 30.1 Å². The molecule has 4 N–H and O–H groups in total. The van der Waals surface area contributed by atoms with Crippen molar-refractivity contribution in [1.29, 1.82) is 0 Å². The van der Waals surface area contributed by atoms with E-state index in [0.717, 1.165) is 37.0 Å². The van der Waals surface area contributed by atoms with Crippen molar-refractivity contribution < 1.29 is 38.3 Å². The van der Waals surface area contributed by atoms with Crippen LogP contribution in [0.25, 0.3) is 0 Å². The summed E-state index contributed by atoms with van der Waals surface area (Å²) in [6.45, 7) is 6.88. The fourth-order valence-corrected chi connectivity index (χ4v) is 6.39. The molecule has 0 spiro atoms. The van der Waals surface area contributed by atoms with Crippen molar-refractivity contribution in [2.75, 3.05) is 26.7 Å². The van der Waals surface area contributed by atoms with Crippen LogP contribution < -0.4 is 25.4 Å². The van der Waals surface area contributed by atoms with E-state index in [0.29, 0.717) is 61.8 Å². The maximum atomic E-state index is 13.8. The molecule has 3 heterocycles. The lowest BCUT2D eigenvalue weighted by Gasteiger charge is -2.26. The van der Waals surface area contributed by atoms with Gasteiger partial charge in [-0.25, -0.2) is 0 Å². The number of nitrogens with zero attached hydrogens (tertiary/aromatic N) is 5. The van der Waals surface area contributed by atoms with Gasteiger partial charge >= 0.3 is 0 Å². The number of amides is 4. The van der Waals surface area contributed by atoms with E-state index >= 15 is 0 Å². The number of hydrogen-bond donors (Lipinski definition) is 4. The Bertz CT molecular complexity index is 1700. The number of hydrogen-bond acceptors (Lipinski definition) is 11. The maximum absolute atomic E-state index is 13.8. The summed E-state index contributed by atoms with van der Waals surface area (Å²) < 4.78 is 18.7. The van der Waals surface area contributed by atoms with Crippen molar-refractivity contribution in [1.82, 2.24) is 41.0 Å². The molecule has 0 saturated heterocycles. The van der Waals surface area contributed by atoms with Crippen molar-refractivity contribution >= 4 is 23.6 Å². The molecule has 0 fully saturated rings. The zero-order chi connectivity index (χ0) is 37.2. The molecule has 1 aliphatic carbocycles. The van der Waals surface area contributed by atoms with Crippen LogP contribution in [0.5, 0.6) is 11.5 Å². The fourth-order valence-electron chi connectivity index (χ4n) is 6.39. The van der Waals surface area contributed by atoms with E-state index in [1.807, 2.05) is 13.8 Å². The molecule has 2 aromatic heterocycles. The maximum Gasteiger partial charge on any atom is 0.276 e. The first kappa shape index (κ1) is 38.2. The minimum Gasteiger partial charge on any atom is -0.493 e. The number of methoxy groups -OCH3 is 1. The van der Waals surface area contributed by atoms with Gasteiger partial charge in [-0.2, -0.15) is 0 Å². The van der Waals surface area contributed by atoms with E-state index in [4.69, 9.17) is 14.0 Å². The SMILES string of the molecule is COc1ccc2cc1OCc1cn(nn1)CCCN(C(=O)c1noc3c1CCCC3)CCCCNC(=O)[C@H]([C@@H](C)O)NC(=O)[C@@H](CC(C)C)NC2=O. The molecule has 3 aromatic rings. The monoisotopic (exact) mass is 722 g/mol. The molecule has 0 radical (unpaired) electrons. The lowest BCUT2D eigenvalue weighted by molar-refractivity contribution is -0.132. The normalized spacial score (nSPS) is 20.4. The number of carbonyl (C=O) groups is 4. The van der Waals surface area contributed by atoms with Gasteiger partial charge in [0.05, 0.1) is 19.4 Å². The molecule has 1 aliphatic heterocycles. The van der Waals surface area contributed by atoms with E-state index in [1.54, 1.807) is 27.9 Å². The standard InChI is InChI=1S/C36H50N8O8/c1-22(2)18-27-34(47)39-31(23(3)45)35(48)37-14-7-8-15-43(36(49)32-26-10-5-6-11-28(26)52-41-32)16-9-17-44-20-25(40-42-44)21-51-30-19-24(33(46)38-27)12-13-29(30)50-4/h12-13,19-20,22-23,27,31,45H,5-11,14-18,21H2,1-4H3,(H,37,48)(H,38,46)(H,39,47)/t23-,27-,31+/m1/s1. The van der Waals surface area contributed by atoms with Gasteiger partial charge in [0.25, 0.3) is 11.8 Å². The van der Waals surface area contributed by atoms with Crippen LogP contribution in [0.2, 0.25) is 0 Å². The molecule has 5 rings (SSSR count). The van der Waals surface area contributed by atoms with Crippen LogP contribution in [-0.4, -0.2) is 98.7 Å². The first-order valence-electron chi connectivity index (χ1n) is 18.1. The fraction of sp³-hybridized carbons (Fsp3) is 0.583. The summed E-state index contributed by atoms with van der Waals surface area (Å²) in [6.07, 6.45) is 6.05. The Kier molecular flexibility index (Phi) is 13.2. The van der Waals surface area contributed by atoms with Crippen LogP contribution in [0.15, 0.2) is 28.9 Å². The molecule has 282 valence electrons. The third-order valence-corrected chi connectivity index (χ3v) is 9.19. The largest absolute Gasteiger partial charge is 0.493 e. The molecule has 0 saturated carbocycles. The van der Waals surface area contributed by atoms with Gasteiger partial charge in [-0.05, 0) is 76.0 Å². The molecular formula is C36H50N8O8. The highest BCUT2D eigenvalue weighted by molar-refractivity contribution is 5.99. The van der Waals surface area contributed by atoms with Gasteiger partial charge in [-0.15, -0.1) is 5.10 Å². The predicted octanol–water partition coefficient (Wildman–Crippen LogP) is 2.19. The summed E-state index contributed by atoms with van der Waals surface area (Å²) in [7, 11) is 1.49. The van der Waals surface area contributed by atoms with Crippen LogP contribution in [0.3, 0.4) is 0 Å². The van der Waals surface area contributed by atoms with Crippen LogP contribution in [-0.2, 0) is 35.6 Å².